The van der Waals surface area contributed by atoms with Gasteiger partial charge < -0.3 is 10.6 Å². The number of thiophene rings is 1. The van der Waals surface area contributed by atoms with Crippen molar-refractivity contribution >= 4 is 11.3 Å². The Morgan fingerprint density at radius 1 is 1.38 bits per heavy atom. The molecule has 2 nitrogen and oxygen atoms in total. The minimum Gasteiger partial charge on any atom is -0.327 e. The van der Waals surface area contributed by atoms with Crippen LogP contribution in [0.1, 0.15) is 31.6 Å². The average molecular weight is 240 g/mol. The number of nitrogens with zero attached hydrogens (tertiary/aromatic N) is 1. The number of hydrogen-bond acceptors (Lipinski definition) is 3. The number of hydrogen-bond donors (Lipinski definition) is 1. The van der Waals surface area contributed by atoms with Crippen LogP contribution in [0.5, 0.6) is 0 Å². The fourth-order valence-electron chi connectivity index (χ4n) is 1.91. The van der Waals surface area contributed by atoms with Gasteiger partial charge in [-0.3, -0.25) is 0 Å². The van der Waals surface area contributed by atoms with Gasteiger partial charge in [0.15, 0.2) is 0 Å². The summed E-state index contributed by atoms with van der Waals surface area (Å²) in [6, 6.07) is 4.60. The lowest BCUT2D eigenvalue weighted by Gasteiger charge is -2.19. The summed E-state index contributed by atoms with van der Waals surface area (Å²) in [6.45, 7) is 7.92. The number of nitrogens with two attached hydrogens (primary N) is 1. The van der Waals surface area contributed by atoms with Crippen LogP contribution >= 0.6 is 11.3 Å². The van der Waals surface area contributed by atoms with Crippen LogP contribution in [0.15, 0.2) is 17.5 Å². The lowest BCUT2D eigenvalue weighted by Crippen LogP contribution is -2.27. The van der Waals surface area contributed by atoms with Crippen molar-refractivity contribution in [2.45, 2.75) is 39.2 Å². The van der Waals surface area contributed by atoms with Crippen molar-refractivity contribution in [1.29, 1.82) is 0 Å². The zero-order chi connectivity index (χ0) is 11.8. The molecule has 2 N–H and O–H groups in total. The van der Waals surface area contributed by atoms with E-state index < -0.39 is 0 Å². The van der Waals surface area contributed by atoms with Crippen LogP contribution < -0.4 is 5.73 Å². The van der Waals surface area contributed by atoms with Crippen molar-refractivity contribution in [2.24, 2.45) is 5.73 Å². The highest BCUT2D eigenvalue weighted by Crippen LogP contribution is 2.12. The van der Waals surface area contributed by atoms with Crippen LogP contribution in [-0.4, -0.2) is 30.6 Å². The fraction of sp³-hybridized carbons (Fsp3) is 0.692. The van der Waals surface area contributed by atoms with Crippen LogP contribution in [0.3, 0.4) is 0 Å². The second-order valence-corrected chi connectivity index (χ2v) is 5.24. The summed E-state index contributed by atoms with van der Waals surface area (Å²) in [5.41, 5.74) is 6.12. The maximum atomic E-state index is 6.12. The normalized spacial score (nSPS) is 13.2. The first-order valence-corrected chi connectivity index (χ1v) is 7.14. The largest absolute Gasteiger partial charge is 0.327 e. The molecule has 3 heteroatoms. The monoisotopic (exact) mass is 240 g/mol. The molecule has 0 amide bonds. The van der Waals surface area contributed by atoms with Gasteiger partial charge in [0, 0.05) is 10.9 Å². The molecule has 1 rings (SSSR count). The van der Waals surface area contributed by atoms with Gasteiger partial charge >= 0.3 is 0 Å². The average Bonchev–Trinajstić information content (AvgIpc) is 2.77. The molecule has 0 saturated carbocycles. The summed E-state index contributed by atoms with van der Waals surface area (Å²) in [5, 5.41) is 2.12. The van der Waals surface area contributed by atoms with Gasteiger partial charge in [-0.05, 0) is 50.3 Å². The Kier molecular flexibility index (Phi) is 6.69. The highest BCUT2D eigenvalue weighted by molar-refractivity contribution is 7.09. The van der Waals surface area contributed by atoms with E-state index in [1.807, 2.05) is 11.3 Å². The molecule has 1 aromatic rings. The summed E-state index contributed by atoms with van der Waals surface area (Å²) in [4.78, 5) is 3.87. The van der Waals surface area contributed by atoms with Crippen molar-refractivity contribution < 1.29 is 0 Å². The molecule has 0 bridgehead atoms. The maximum absolute atomic E-state index is 6.12. The van der Waals surface area contributed by atoms with E-state index in [-0.39, 0.29) is 0 Å². The summed E-state index contributed by atoms with van der Waals surface area (Å²) in [5.74, 6) is 0. The van der Waals surface area contributed by atoms with Crippen molar-refractivity contribution in [3.05, 3.63) is 22.4 Å². The molecule has 16 heavy (non-hydrogen) atoms. The molecule has 0 saturated heterocycles. The first kappa shape index (κ1) is 13.7. The molecule has 0 radical (unpaired) electrons. The molecular formula is C13H24N2S. The van der Waals surface area contributed by atoms with Gasteiger partial charge in [-0.2, -0.15) is 0 Å². The van der Waals surface area contributed by atoms with Gasteiger partial charge in [-0.15, -0.1) is 11.3 Å². The predicted octanol–water partition coefficient (Wildman–Crippen LogP) is 2.74. The van der Waals surface area contributed by atoms with E-state index in [0.29, 0.717) is 6.04 Å². The first-order chi connectivity index (χ1) is 7.76. The molecule has 0 aliphatic heterocycles. The third-order valence-electron chi connectivity index (χ3n) is 2.99. The van der Waals surface area contributed by atoms with Gasteiger partial charge in [-0.1, -0.05) is 19.9 Å². The quantitative estimate of drug-likeness (QED) is 0.757. The van der Waals surface area contributed by atoms with Crippen LogP contribution in [0.25, 0.3) is 0 Å². The zero-order valence-electron chi connectivity index (χ0n) is 10.5. The predicted molar refractivity (Wildman–Crippen MR) is 73.0 cm³/mol. The Hall–Kier alpha value is -0.380. The number of rotatable bonds is 8. The van der Waals surface area contributed by atoms with Crippen LogP contribution in [0.4, 0.5) is 0 Å². The van der Waals surface area contributed by atoms with E-state index in [0.717, 1.165) is 25.9 Å². The van der Waals surface area contributed by atoms with E-state index in [9.17, 15) is 0 Å². The van der Waals surface area contributed by atoms with Crippen molar-refractivity contribution in [3.8, 4) is 0 Å². The molecule has 1 aromatic heterocycles. The molecule has 0 spiro atoms. The second-order valence-electron chi connectivity index (χ2n) is 4.21. The van der Waals surface area contributed by atoms with Gasteiger partial charge in [0.1, 0.15) is 0 Å². The highest BCUT2D eigenvalue weighted by atomic mass is 32.1. The molecule has 0 aromatic carbocycles. The Labute approximate surface area is 103 Å². The molecular weight excluding hydrogens is 216 g/mol. The Balaban J connectivity index is 2.13. The lowest BCUT2D eigenvalue weighted by molar-refractivity contribution is 0.293. The minimum atomic E-state index is 0.328. The van der Waals surface area contributed by atoms with Gasteiger partial charge in [0.25, 0.3) is 0 Å². The smallest absolute Gasteiger partial charge is 0.00876 e. The van der Waals surface area contributed by atoms with Crippen LogP contribution in [-0.2, 0) is 6.42 Å². The van der Waals surface area contributed by atoms with Crippen molar-refractivity contribution in [1.82, 2.24) is 4.90 Å². The van der Waals surface area contributed by atoms with Crippen molar-refractivity contribution in [2.75, 3.05) is 19.6 Å². The fourth-order valence-corrected chi connectivity index (χ4v) is 2.71. The zero-order valence-corrected chi connectivity index (χ0v) is 11.3. The third-order valence-corrected chi connectivity index (χ3v) is 3.89. The summed E-state index contributed by atoms with van der Waals surface area (Å²) < 4.78 is 0. The highest BCUT2D eigenvalue weighted by Gasteiger charge is 2.06. The summed E-state index contributed by atoms with van der Waals surface area (Å²) in [7, 11) is 0. The molecule has 1 heterocycles. The van der Waals surface area contributed by atoms with Crippen LogP contribution in [0, 0.1) is 0 Å². The van der Waals surface area contributed by atoms with E-state index in [1.165, 1.54) is 17.8 Å². The Morgan fingerprint density at radius 2 is 2.12 bits per heavy atom. The molecule has 92 valence electrons. The third kappa shape index (κ3) is 5.10. The van der Waals surface area contributed by atoms with E-state index >= 15 is 0 Å². The van der Waals surface area contributed by atoms with Gasteiger partial charge in [-0.25, -0.2) is 0 Å². The molecule has 1 atom stereocenters. The molecule has 0 fully saturated rings. The van der Waals surface area contributed by atoms with Crippen LogP contribution in [0.2, 0.25) is 0 Å². The Morgan fingerprint density at radius 3 is 2.69 bits per heavy atom. The SMILES string of the molecule is CCN(CC)CCCC(N)Cc1cccs1. The van der Waals surface area contributed by atoms with E-state index in [4.69, 9.17) is 5.73 Å². The summed E-state index contributed by atoms with van der Waals surface area (Å²) in [6.07, 6.45) is 3.39. The van der Waals surface area contributed by atoms with Gasteiger partial charge in [0.05, 0.1) is 0 Å². The minimum absolute atomic E-state index is 0.328. The van der Waals surface area contributed by atoms with Crippen molar-refractivity contribution in [3.63, 3.8) is 0 Å². The standard InChI is InChI=1S/C13H24N2S/c1-3-15(4-2)9-5-7-12(14)11-13-8-6-10-16-13/h6,8,10,12H,3-5,7,9,11,14H2,1-2H3. The lowest BCUT2D eigenvalue weighted by atomic mass is 10.1. The molecule has 0 aliphatic carbocycles. The maximum Gasteiger partial charge on any atom is 0.00876 e. The Bertz CT molecular complexity index is 255. The van der Waals surface area contributed by atoms with E-state index in [2.05, 4.69) is 36.3 Å². The summed E-state index contributed by atoms with van der Waals surface area (Å²) >= 11 is 1.81. The molecule has 0 aliphatic rings. The van der Waals surface area contributed by atoms with Gasteiger partial charge in [0.2, 0.25) is 0 Å². The van der Waals surface area contributed by atoms with E-state index in [1.54, 1.807) is 0 Å². The first-order valence-electron chi connectivity index (χ1n) is 6.26. The second kappa shape index (κ2) is 7.82. The molecule has 1 unspecified atom stereocenters. The topological polar surface area (TPSA) is 29.3 Å².